The van der Waals surface area contributed by atoms with Crippen molar-refractivity contribution in [1.82, 2.24) is 9.88 Å². The molecule has 2 rings (SSSR count). The lowest BCUT2D eigenvalue weighted by Crippen LogP contribution is -2.34. The first-order valence-corrected chi connectivity index (χ1v) is 7.57. The Kier molecular flexibility index (Phi) is 5.34. The van der Waals surface area contributed by atoms with E-state index in [1.165, 1.54) is 37.9 Å². The highest BCUT2D eigenvalue weighted by atomic mass is 15.1. The number of pyridine rings is 1. The highest BCUT2D eigenvalue weighted by Gasteiger charge is 2.23. The van der Waals surface area contributed by atoms with Crippen molar-refractivity contribution >= 4 is 0 Å². The quantitative estimate of drug-likeness (QED) is 0.886. The molecule has 1 heterocycles. The van der Waals surface area contributed by atoms with Crippen LogP contribution < -0.4 is 5.73 Å². The monoisotopic (exact) mass is 261 g/mol. The van der Waals surface area contributed by atoms with Gasteiger partial charge in [-0.05, 0) is 57.2 Å². The number of hydrogen-bond acceptors (Lipinski definition) is 3. The number of nitrogens with two attached hydrogens (primary N) is 1. The average molecular weight is 261 g/mol. The maximum absolute atomic E-state index is 5.98. The molecule has 1 aliphatic rings. The summed E-state index contributed by atoms with van der Waals surface area (Å²) in [6, 6.07) is 7.09. The maximum atomic E-state index is 5.98. The highest BCUT2D eigenvalue weighted by Crippen LogP contribution is 2.27. The summed E-state index contributed by atoms with van der Waals surface area (Å²) in [5.41, 5.74) is 7.18. The maximum Gasteiger partial charge on any atom is 0.0575 e. The van der Waals surface area contributed by atoms with Crippen molar-refractivity contribution in [1.29, 1.82) is 0 Å². The van der Waals surface area contributed by atoms with Gasteiger partial charge in [0.2, 0.25) is 0 Å². The van der Waals surface area contributed by atoms with E-state index < -0.39 is 0 Å². The smallest absolute Gasteiger partial charge is 0.0575 e. The summed E-state index contributed by atoms with van der Waals surface area (Å²) in [4.78, 5) is 6.99. The van der Waals surface area contributed by atoms with Gasteiger partial charge in [0.1, 0.15) is 0 Å². The van der Waals surface area contributed by atoms with Crippen LogP contribution in [0.4, 0.5) is 0 Å². The van der Waals surface area contributed by atoms with Crippen LogP contribution in [0.3, 0.4) is 0 Å². The van der Waals surface area contributed by atoms with Crippen molar-refractivity contribution in [3.8, 4) is 0 Å². The van der Waals surface area contributed by atoms with Gasteiger partial charge in [0, 0.05) is 18.8 Å². The van der Waals surface area contributed by atoms with Crippen LogP contribution in [0, 0.1) is 5.92 Å². The van der Waals surface area contributed by atoms with Crippen LogP contribution in [0.2, 0.25) is 0 Å². The summed E-state index contributed by atoms with van der Waals surface area (Å²) < 4.78 is 0. The second-order valence-electron chi connectivity index (χ2n) is 5.90. The third kappa shape index (κ3) is 4.02. The number of nitrogens with zero attached hydrogens (tertiary/aromatic N) is 2. The summed E-state index contributed by atoms with van der Waals surface area (Å²) in [6.07, 6.45) is 7.96. The molecule has 1 atom stereocenters. The van der Waals surface area contributed by atoms with Crippen LogP contribution in [0.5, 0.6) is 0 Å². The van der Waals surface area contributed by atoms with Crippen molar-refractivity contribution in [2.75, 3.05) is 13.6 Å². The van der Waals surface area contributed by atoms with Gasteiger partial charge in [0.15, 0.2) is 0 Å². The fourth-order valence-electron chi connectivity index (χ4n) is 3.23. The Morgan fingerprint density at radius 1 is 1.32 bits per heavy atom. The molecular formula is C16H27N3. The van der Waals surface area contributed by atoms with Crippen LogP contribution >= 0.6 is 0 Å². The van der Waals surface area contributed by atoms with E-state index in [0.29, 0.717) is 12.1 Å². The molecule has 1 aliphatic carbocycles. The molecule has 1 saturated carbocycles. The van der Waals surface area contributed by atoms with Crippen molar-refractivity contribution in [2.24, 2.45) is 11.7 Å². The Labute approximate surface area is 117 Å². The third-order valence-electron chi connectivity index (χ3n) is 4.39. The van der Waals surface area contributed by atoms with Crippen molar-refractivity contribution in [3.63, 3.8) is 0 Å². The predicted molar refractivity (Wildman–Crippen MR) is 79.8 cm³/mol. The molecule has 1 aromatic rings. The van der Waals surface area contributed by atoms with Gasteiger partial charge in [-0.1, -0.05) is 13.0 Å². The molecule has 0 unspecified atom stereocenters. The van der Waals surface area contributed by atoms with Gasteiger partial charge >= 0.3 is 0 Å². The van der Waals surface area contributed by atoms with Crippen LogP contribution in [-0.2, 0) is 0 Å². The summed E-state index contributed by atoms with van der Waals surface area (Å²) in [6.45, 7) is 3.41. The molecule has 106 valence electrons. The van der Waals surface area contributed by atoms with Crippen LogP contribution in [0.15, 0.2) is 24.4 Å². The van der Waals surface area contributed by atoms with E-state index in [1.54, 1.807) is 0 Å². The van der Waals surface area contributed by atoms with Gasteiger partial charge in [0.25, 0.3) is 0 Å². The molecule has 1 aromatic heterocycles. The lowest BCUT2D eigenvalue weighted by molar-refractivity contribution is 0.171. The van der Waals surface area contributed by atoms with Crippen LogP contribution in [-0.4, -0.2) is 29.5 Å². The topological polar surface area (TPSA) is 42.2 Å². The molecule has 19 heavy (non-hydrogen) atoms. The normalized spacial score (nSPS) is 25.5. The second kappa shape index (κ2) is 7.01. The molecule has 0 aliphatic heterocycles. The van der Waals surface area contributed by atoms with Crippen molar-refractivity contribution in [3.05, 3.63) is 30.1 Å². The predicted octanol–water partition coefficient (Wildman–Crippen LogP) is 2.98. The van der Waals surface area contributed by atoms with E-state index >= 15 is 0 Å². The molecule has 0 radical (unpaired) electrons. The molecule has 3 heteroatoms. The molecule has 0 spiro atoms. The highest BCUT2D eigenvalue weighted by molar-refractivity contribution is 5.08. The number of rotatable bonds is 5. The Balaban J connectivity index is 1.92. The summed E-state index contributed by atoms with van der Waals surface area (Å²) in [5, 5.41) is 0. The molecule has 2 N–H and O–H groups in total. The van der Waals surface area contributed by atoms with Gasteiger partial charge in [0.05, 0.1) is 11.7 Å². The first-order valence-electron chi connectivity index (χ1n) is 7.57. The SMILES string of the molecule is CC[C@H](c1ccccn1)N(C)CC1CCC(N)CC1. The summed E-state index contributed by atoms with van der Waals surface area (Å²) in [7, 11) is 2.23. The van der Waals surface area contributed by atoms with Gasteiger partial charge in [-0.2, -0.15) is 0 Å². The largest absolute Gasteiger partial charge is 0.328 e. The Bertz CT molecular complexity index is 358. The molecule has 3 nitrogen and oxygen atoms in total. The van der Waals surface area contributed by atoms with E-state index in [9.17, 15) is 0 Å². The van der Waals surface area contributed by atoms with Gasteiger partial charge < -0.3 is 5.73 Å². The van der Waals surface area contributed by atoms with E-state index in [-0.39, 0.29) is 0 Å². The second-order valence-corrected chi connectivity index (χ2v) is 5.90. The standard InChI is InChI=1S/C16H27N3/c1-3-16(15-6-4-5-11-18-15)19(2)12-13-7-9-14(17)10-8-13/h4-6,11,13-14,16H,3,7-10,12,17H2,1-2H3/t13?,14?,16-/m1/s1. The van der Waals surface area contributed by atoms with Gasteiger partial charge in [-0.3, -0.25) is 9.88 Å². The minimum absolute atomic E-state index is 0.441. The van der Waals surface area contributed by atoms with Gasteiger partial charge in [-0.15, -0.1) is 0 Å². The molecule has 0 amide bonds. The van der Waals surface area contributed by atoms with Crippen molar-refractivity contribution in [2.45, 2.75) is 51.1 Å². The van der Waals surface area contributed by atoms with E-state index in [2.05, 4.69) is 36.0 Å². The number of hydrogen-bond donors (Lipinski definition) is 1. The fraction of sp³-hybridized carbons (Fsp3) is 0.688. The Morgan fingerprint density at radius 3 is 2.63 bits per heavy atom. The number of aromatic nitrogens is 1. The van der Waals surface area contributed by atoms with Crippen LogP contribution in [0.1, 0.15) is 50.8 Å². The van der Waals surface area contributed by atoms with E-state index in [1.807, 2.05) is 12.3 Å². The molecular weight excluding hydrogens is 234 g/mol. The minimum Gasteiger partial charge on any atom is -0.328 e. The van der Waals surface area contributed by atoms with Gasteiger partial charge in [-0.25, -0.2) is 0 Å². The van der Waals surface area contributed by atoms with E-state index in [0.717, 1.165) is 12.3 Å². The summed E-state index contributed by atoms with van der Waals surface area (Å²) in [5.74, 6) is 0.808. The first-order chi connectivity index (χ1) is 9.20. The minimum atomic E-state index is 0.441. The molecule has 0 saturated heterocycles. The summed E-state index contributed by atoms with van der Waals surface area (Å²) >= 11 is 0. The Morgan fingerprint density at radius 2 is 2.05 bits per heavy atom. The average Bonchev–Trinajstić information content (AvgIpc) is 2.43. The zero-order chi connectivity index (χ0) is 13.7. The third-order valence-corrected chi connectivity index (χ3v) is 4.39. The molecule has 0 aromatic carbocycles. The lowest BCUT2D eigenvalue weighted by Gasteiger charge is -2.33. The lowest BCUT2D eigenvalue weighted by atomic mass is 9.86. The zero-order valence-corrected chi connectivity index (χ0v) is 12.3. The molecule has 1 fully saturated rings. The zero-order valence-electron chi connectivity index (χ0n) is 12.3. The fourth-order valence-corrected chi connectivity index (χ4v) is 3.23. The first kappa shape index (κ1) is 14.5. The van der Waals surface area contributed by atoms with Crippen LogP contribution in [0.25, 0.3) is 0 Å². The molecule has 0 bridgehead atoms. The Hall–Kier alpha value is -0.930. The van der Waals surface area contributed by atoms with E-state index in [4.69, 9.17) is 5.73 Å². The van der Waals surface area contributed by atoms with Crippen molar-refractivity contribution < 1.29 is 0 Å².